The fourth-order valence-electron chi connectivity index (χ4n) is 5.23. The van der Waals surface area contributed by atoms with Crippen molar-refractivity contribution in [2.24, 2.45) is 0 Å². The minimum atomic E-state index is -4.87. The molecule has 6 rings (SSSR count). The summed E-state index contributed by atoms with van der Waals surface area (Å²) in [5.41, 5.74) is 4.24. The van der Waals surface area contributed by atoms with Gasteiger partial charge in [-0.3, -0.25) is 9.55 Å². The van der Waals surface area contributed by atoms with Gasteiger partial charge in [-0.25, -0.2) is 9.78 Å². The molecule has 0 amide bonds. The van der Waals surface area contributed by atoms with E-state index >= 15 is 0 Å². The summed E-state index contributed by atoms with van der Waals surface area (Å²) < 4.78 is 52.6. The Morgan fingerprint density at radius 3 is 2.41 bits per heavy atom. The molecule has 0 spiro atoms. The van der Waals surface area contributed by atoms with E-state index < -0.39 is 12.1 Å². The van der Waals surface area contributed by atoms with Crippen LogP contribution in [-0.4, -0.2) is 48.6 Å². The van der Waals surface area contributed by atoms with Crippen molar-refractivity contribution in [3.63, 3.8) is 0 Å². The van der Waals surface area contributed by atoms with Crippen LogP contribution in [0, 0.1) is 13.8 Å². The lowest BCUT2D eigenvalue weighted by atomic mass is 10.1. The summed E-state index contributed by atoms with van der Waals surface area (Å²) in [7, 11) is 0. The van der Waals surface area contributed by atoms with Crippen molar-refractivity contribution >= 4 is 22.8 Å². The average Bonchev–Trinajstić information content (AvgIpc) is 3.46. The zero-order chi connectivity index (χ0) is 28.7. The summed E-state index contributed by atoms with van der Waals surface area (Å²) in [5.74, 6) is -0.306. The van der Waals surface area contributed by atoms with Crippen molar-refractivity contribution in [2.45, 2.75) is 39.1 Å². The zero-order valence-corrected chi connectivity index (χ0v) is 22.2. The maximum absolute atomic E-state index is 13.2. The van der Waals surface area contributed by atoms with Gasteiger partial charge in [0, 0.05) is 54.7 Å². The number of fused-ring (bicyclic) bond motifs is 1. The lowest BCUT2D eigenvalue weighted by Gasteiger charge is -2.23. The monoisotopic (exact) mass is 565 g/mol. The quantitative estimate of drug-likeness (QED) is 0.276. The van der Waals surface area contributed by atoms with Gasteiger partial charge in [0.15, 0.2) is 5.65 Å². The second-order valence-electron chi connectivity index (χ2n) is 9.78. The van der Waals surface area contributed by atoms with Crippen molar-refractivity contribution in [3.8, 4) is 22.7 Å². The van der Waals surface area contributed by atoms with Gasteiger partial charge in [-0.15, -0.1) is 13.2 Å². The smallest absolute Gasteiger partial charge is 0.406 e. The number of pyridine rings is 1. The maximum atomic E-state index is 13.2. The molecule has 0 aliphatic carbocycles. The Hall–Kier alpha value is -4.65. The van der Waals surface area contributed by atoms with E-state index in [1.54, 1.807) is 35.2 Å². The molecule has 0 unspecified atom stereocenters. The highest BCUT2D eigenvalue weighted by Gasteiger charge is 2.31. The number of hydrogen-bond donors (Lipinski definition) is 2. The summed E-state index contributed by atoms with van der Waals surface area (Å²) in [6.07, 6.45) is -0.378. The number of aromatic amines is 1. The fraction of sp³-hybridized carbons (Fsp3) is 0.286. The SMILES string of the molecule is Cc1ccc(C)n1-c1ccc(OC(F)(F)F)cc1Nc1nc(-c2ccncc2)c2[nH]c(=O)n(C3CCOCC3)c2n1. The number of aryl methyl sites for hydroxylation is 2. The molecule has 5 heterocycles. The Bertz CT molecular complexity index is 1750. The molecule has 10 nitrogen and oxygen atoms in total. The number of halogens is 3. The summed E-state index contributed by atoms with van der Waals surface area (Å²) in [4.78, 5) is 29.6. The molecule has 13 heteroatoms. The molecule has 0 radical (unpaired) electrons. The van der Waals surface area contributed by atoms with E-state index in [-0.39, 0.29) is 23.4 Å². The molecule has 0 saturated carbocycles. The Kier molecular flexibility index (Phi) is 6.73. The molecule has 0 bridgehead atoms. The van der Waals surface area contributed by atoms with Crippen LogP contribution in [-0.2, 0) is 4.74 Å². The van der Waals surface area contributed by atoms with E-state index in [4.69, 9.17) is 14.7 Å². The maximum Gasteiger partial charge on any atom is 0.573 e. The highest BCUT2D eigenvalue weighted by atomic mass is 19.4. The molecule has 5 aromatic rings. The molecular weight excluding hydrogens is 539 g/mol. The number of nitrogens with zero attached hydrogens (tertiary/aromatic N) is 5. The minimum absolute atomic E-state index is 0.0944. The molecule has 1 aliphatic rings. The van der Waals surface area contributed by atoms with Gasteiger partial charge in [0.05, 0.1) is 11.4 Å². The van der Waals surface area contributed by atoms with E-state index in [2.05, 4.69) is 20.0 Å². The van der Waals surface area contributed by atoms with E-state index in [1.807, 2.05) is 30.5 Å². The van der Waals surface area contributed by atoms with Crippen LogP contribution in [0.15, 0.2) is 59.7 Å². The van der Waals surface area contributed by atoms with Gasteiger partial charge in [-0.05, 0) is 63.1 Å². The minimum Gasteiger partial charge on any atom is -0.406 e. The first-order valence-electron chi connectivity index (χ1n) is 13.0. The molecular formula is C28H26F3N7O3. The summed E-state index contributed by atoms with van der Waals surface area (Å²) in [6, 6.07) is 11.3. The third kappa shape index (κ3) is 5.27. The first-order chi connectivity index (χ1) is 19.7. The Morgan fingerprint density at radius 1 is 1.02 bits per heavy atom. The third-order valence-corrected chi connectivity index (χ3v) is 7.04. The van der Waals surface area contributed by atoms with E-state index in [0.29, 0.717) is 54.2 Å². The van der Waals surface area contributed by atoms with Crippen LogP contribution in [0.3, 0.4) is 0 Å². The van der Waals surface area contributed by atoms with Crippen molar-refractivity contribution in [2.75, 3.05) is 18.5 Å². The number of imidazole rings is 1. The van der Waals surface area contributed by atoms with Gasteiger partial charge < -0.3 is 24.3 Å². The highest BCUT2D eigenvalue weighted by Crippen LogP contribution is 2.34. The Morgan fingerprint density at radius 2 is 1.73 bits per heavy atom. The fourth-order valence-corrected chi connectivity index (χ4v) is 5.23. The van der Waals surface area contributed by atoms with Gasteiger partial charge in [0.25, 0.3) is 0 Å². The first kappa shape index (κ1) is 26.6. The van der Waals surface area contributed by atoms with Crippen LogP contribution in [0.2, 0.25) is 0 Å². The van der Waals surface area contributed by atoms with Crippen molar-refractivity contribution in [3.05, 3.63) is 76.7 Å². The van der Waals surface area contributed by atoms with E-state index in [9.17, 15) is 18.0 Å². The van der Waals surface area contributed by atoms with Crippen LogP contribution in [0.25, 0.3) is 28.1 Å². The predicted molar refractivity (Wildman–Crippen MR) is 146 cm³/mol. The second kappa shape index (κ2) is 10.4. The highest BCUT2D eigenvalue weighted by molar-refractivity contribution is 5.89. The van der Waals surface area contributed by atoms with Crippen LogP contribution in [0.5, 0.6) is 5.75 Å². The summed E-state index contributed by atoms with van der Waals surface area (Å²) >= 11 is 0. The zero-order valence-electron chi connectivity index (χ0n) is 22.2. The first-order valence-corrected chi connectivity index (χ1v) is 13.0. The van der Waals surface area contributed by atoms with Crippen LogP contribution in [0.1, 0.15) is 30.3 Å². The number of alkyl halides is 3. The molecule has 1 aliphatic heterocycles. The molecule has 1 aromatic carbocycles. The molecule has 212 valence electrons. The van der Waals surface area contributed by atoms with Crippen LogP contribution < -0.4 is 15.7 Å². The normalized spacial score (nSPS) is 14.5. The number of hydrogen-bond acceptors (Lipinski definition) is 7. The van der Waals surface area contributed by atoms with Crippen molar-refractivity contribution in [1.82, 2.24) is 29.1 Å². The summed E-state index contributed by atoms with van der Waals surface area (Å²) in [5, 5.41) is 3.12. The predicted octanol–water partition coefficient (Wildman–Crippen LogP) is 5.58. The Labute approximate surface area is 231 Å². The average molecular weight is 566 g/mol. The number of nitrogens with one attached hydrogen (secondary N) is 2. The molecule has 1 saturated heterocycles. The van der Waals surface area contributed by atoms with Crippen molar-refractivity contribution in [1.29, 1.82) is 0 Å². The lowest BCUT2D eigenvalue weighted by molar-refractivity contribution is -0.274. The molecule has 41 heavy (non-hydrogen) atoms. The molecule has 4 aromatic heterocycles. The second-order valence-corrected chi connectivity index (χ2v) is 9.78. The number of aromatic nitrogens is 6. The Balaban J connectivity index is 1.54. The largest absolute Gasteiger partial charge is 0.573 e. The summed E-state index contributed by atoms with van der Waals surface area (Å²) in [6.45, 7) is 4.82. The number of ether oxygens (including phenoxy) is 2. The van der Waals surface area contributed by atoms with Gasteiger partial charge in [-0.2, -0.15) is 4.98 Å². The standard InChI is InChI=1S/C28H26F3N7O3/c1-16-3-4-17(2)37(16)22-6-5-20(41-28(29,30)31)15-21(22)33-26-34-23(18-7-11-32-12-8-18)24-25(36-26)38(27(39)35-24)19-9-13-40-14-10-19/h3-8,11-12,15,19H,9-10,13-14H2,1-2H3,(H,35,39)(H,33,34,36). The van der Waals surface area contributed by atoms with Gasteiger partial charge >= 0.3 is 12.1 Å². The number of anilines is 2. The number of benzene rings is 1. The van der Waals surface area contributed by atoms with Gasteiger partial charge in [0.2, 0.25) is 5.95 Å². The van der Waals surface area contributed by atoms with Gasteiger partial charge in [-0.1, -0.05) is 0 Å². The number of H-pyrrole nitrogens is 1. The molecule has 0 atom stereocenters. The topological polar surface area (TPSA) is 112 Å². The number of rotatable bonds is 6. The lowest BCUT2D eigenvalue weighted by Crippen LogP contribution is -2.27. The third-order valence-electron chi connectivity index (χ3n) is 7.04. The molecule has 1 fully saturated rings. The van der Waals surface area contributed by atoms with Crippen LogP contribution >= 0.6 is 0 Å². The van der Waals surface area contributed by atoms with Crippen LogP contribution in [0.4, 0.5) is 24.8 Å². The molecule has 2 N–H and O–H groups in total. The van der Waals surface area contributed by atoms with E-state index in [1.165, 1.54) is 12.1 Å². The van der Waals surface area contributed by atoms with E-state index in [0.717, 1.165) is 11.4 Å². The van der Waals surface area contributed by atoms with Gasteiger partial charge in [0.1, 0.15) is 17.0 Å². The van der Waals surface area contributed by atoms with Crippen molar-refractivity contribution < 1.29 is 22.6 Å².